The third-order valence-electron chi connectivity index (χ3n) is 5.88. The van der Waals surface area contributed by atoms with Gasteiger partial charge in [-0.2, -0.15) is 9.49 Å². The van der Waals surface area contributed by atoms with Crippen molar-refractivity contribution < 1.29 is 35.5 Å². The fraction of sp³-hybridized carbons (Fsp3) is 0.0769. The van der Waals surface area contributed by atoms with Crippen molar-refractivity contribution in [2.75, 3.05) is 16.7 Å². The van der Waals surface area contributed by atoms with Crippen LogP contribution in [-0.4, -0.2) is 35.2 Å². The first-order valence-electron chi connectivity index (χ1n) is 11.4. The number of anilines is 2. The van der Waals surface area contributed by atoms with E-state index in [-0.39, 0.29) is 45.3 Å². The summed E-state index contributed by atoms with van der Waals surface area (Å²) in [6.07, 6.45) is 2.00. The van der Waals surface area contributed by atoms with Gasteiger partial charge in [0, 0.05) is 23.0 Å². The lowest BCUT2D eigenvalue weighted by atomic mass is 10.1. The Balaban J connectivity index is 1.46. The molecule has 0 bridgehead atoms. The topological polar surface area (TPSA) is 132 Å². The van der Waals surface area contributed by atoms with Crippen LogP contribution in [0.15, 0.2) is 54.7 Å². The highest BCUT2D eigenvalue weighted by Gasteiger charge is 2.23. The fourth-order valence-electron chi connectivity index (χ4n) is 4.13. The molecule has 40 heavy (non-hydrogen) atoms. The summed E-state index contributed by atoms with van der Waals surface area (Å²) < 4.78 is 88.4. The van der Waals surface area contributed by atoms with E-state index < -0.39 is 44.8 Å². The summed E-state index contributed by atoms with van der Waals surface area (Å²) in [6.45, 7) is 1.50. The summed E-state index contributed by atoms with van der Waals surface area (Å²) in [5, 5.41) is 4.39. The van der Waals surface area contributed by atoms with E-state index in [1.165, 1.54) is 37.3 Å². The first-order valence-corrected chi connectivity index (χ1v) is 13.3. The fourth-order valence-corrected chi connectivity index (χ4v) is 4.69. The molecule has 5 rings (SSSR count). The van der Waals surface area contributed by atoms with Crippen LogP contribution in [0.1, 0.15) is 21.6 Å². The third-order valence-corrected chi connectivity index (χ3v) is 6.47. The minimum Gasteiger partial charge on any atom is -0.454 e. The normalized spacial score (nSPS) is 11.7. The molecular formula is C26H19F4N5O4S. The molecule has 2 aromatic heterocycles. The largest absolute Gasteiger partial charge is 0.454 e. The number of aryl methyl sites for hydroxylation is 1. The van der Waals surface area contributed by atoms with E-state index in [0.717, 1.165) is 35.3 Å². The number of ether oxygens (including phenoxy) is 1. The number of H-pyrrole nitrogens is 1. The zero-order chi connectivity index (χ0) is 28.9. The standard InChI is InChI=1S/C26H19F4N5O4S/c1-12-6-14(39-22-5-3-4-16(27)23(22)30)9-18(29)24(12)35-26(31)15(11-32-35)25(36)21-8-13-7-20(34-40(2,37)38)17(28)10-19(13)33-21/h3-11,33-34H,31H2,1-2H3. The molecule has 206 valence electrons. The van der Waals surface area contributed by atoms with Crippen molar-refractivity contribution in [3.05, 3.63) is 94.8 Å². The molecule has 9 nitrogen and oxygen atoms in total. The van der Waals surface area contributed by atoms with Crippen molar-refractivity contribution >= 4 is 38.2 Å². The predicted molar refractivity (Wildman–Crippen MR) is 139 cm³/mol. The van der Waals surface area contributed by atoms with Crippen LogP contribution in [0.4, 0.5) is 29.1 Å². The van der Waals surface area contributed by atoms with Gasteiger partial charge in [0.25, 0.3) is 0 Å². The summed E-state index contributed by atoms with van der Waals surface area (Å²) in [4.78, 5) is 16.0. The van der Waals surface area contributed by atoms with Crippen LogP contribution in [0.3, 0.4) is 0 Å². The van der Waals surface area contributed by atoms with E-state index in [0.29, 0.717) is 5.39 Å². The lowest BCUT2D eigenvalue weighted by molar-refractivity contribution is 0.103. The van der Waals surface area contributed by atoms with Crippen LogP contribution < -0.4 is 15.2 Å². The molecule has 0 radical (unpaired) electrons. The van der Waals surface area contributed by atoms with Gasteiger partial charge in [0.1, 0.15) is 23.1 Å². The summed E-state index contributed by atoms with van der Waals surface area (Å²) in [5.41, 5.74) is 6.13. The predicted octanol–water partition coefficient (Wildman–Crippen LogP) is 5.20. The molecule has 0 atom stereocenters. The minimum atomic E-state index is -3.74. The number of fused-ring (bicyclic) bond motifs is 1. The molecule has 0 saturated heterocycles. The lowest BCUT2D eigenvalue weighted by Gasteiger charge is -2.13. The second kappa shape index (κ2) is 9.72. The smallest absolute Gasteiger partial charge is 0.229 e. The molecule has 5 aromatic rings. The van der Waals surface area contributed by atoms with Crippen molar-refractivity contribution in [2.24, 2.45) is 0 Å². The molecule has 0 amide bonds. The van der Waals surface area contributed by atoms with Crippen molar-refractivity contribution in [3.8, 4) is 17.2 Å². The second-order valence-corrected chi connectivity index (χ2v) is 10.6. The third kappa shape index (κ3) is 4.96. The van der Waals surface area contributed by atoms with Gasteiger partial charge in [-0.1, -0.05) is 6.07 Å². The van der Waals surface area contributed by atoms with Crippen LogP contribution in [0.2, 0.25) is 0 Å². The molecule has 14 heteroatoms. The van der Waals surface area contributed by atoms with Gasteiger partial charge in [0.2, 0.25) is 21.6 Å². The number of hydrogen-bond donors (Lipinski definition) is 3. The van der Waals surface area contributed by atoms with Gasteiger partial charge in [-0.3, -0.25) is 9.52 Å². The van der Waals surface area contributed by atoms with Gasteiger partial charge in [0.05, 0.1) is 29.4 Å². The summed E-state index contributed by atoms with van der Waals surface area (Å²) >= 11 is 0. The van der Waals surface area contributed by atoms with Crippen LogP contribution in [-0.2, 0) is 10.0 Å². The van der Waals surface area contributed by atoms with E-state index >= 15 is 4.39 Å². The number of nitrogens with two attached hydrogens (primary N) is 1. The Morgan fingerprint density at radius 2 is 1.80 bits per heavy atom. The number of benzene rings is 3. The Hall–Kier alpha value is -4.85. The number of ketones is 1. The number of aromatic amines is 1. The minimum absolute atomic E-state index is 0.00443. The highest BCUT2D eigenvalue weighted by atomic mass is 32.2. The molecule has 0 aliphatic carbocycles. The zero-order valence-corrected chi connectivity index (χ0v) is 21.5. The van der Waals surface area contributed by atoms with Crippen molar-refractivity contribution in [1.82, 2.24) is 14.8 Å². The molecule has 0 fully saturated rings. The van der Waals surface area contributed by atoms with E-state index in [9.17, 15) is 26.4 Å². The number of rotatable bonds is 7. The highest BCUT2D eigenvalue weighted by molar-refractivity contribution is 7.92. The van der Waals surface area contributed by atoms with Crippen molar-refractivity contribution in [2.45, 2.75) is 6.92 Å². The molecule has 2 heterocycles. The van der Waals surface area contributed by atoms with Gasteiger partial charge >= 0.3 is 0 Å². The average molecular weight is 574 g/mol. The Morgan fingerprint density at radius 3 is 2.50 bits per heavy atom. The number of halogens is 4. The maximum absolute atomic E-state index is 15.2. The monoisotopic (exact) mass is 573 g/mol. The molecule has 0 unspecified atom stereocenters. The molecule has 0 aliphatic heterocycles. The van der Waals surface area contributed by atoms with Crippen molar-refractivity contribution in [1.29, 1.82) is 0 Å². The maximum Gasteiger partial charge on any atom is 0.229 e. The van der Waals surface area contributed by atoms with Crippen LogP contribution in [0.25, 0.3) is 16.6 Å². The molecule has 0 spiro atoms. The van der Waals surface area contributed by atoms with Crippen LogP contribution in [0.5, 0.6) is 11.5 Å². The quantitative estimate of drug-likeness (QED) is 0.181. The number of aromatic nitrogens is 3. The van der Waals surface area contributed by atoms with Gasteiger partial charge in [-0.05, 0) is 42.8 Å². The van der Waals surface area contributed by atoms with E-state index in [1.807, 2.05) is 0 Å². The van der Waals surface area contributed by atoms with Crippen LogP contribution >= 0.6 is 0 Å². The van der Waals surface area contributed by atoms with Gasteiger partial charge in [-0.15, -0.1) is 0 Å². The zero-order valence-electron chi connectivity index (χ0n) is 20.7. The summed E-state index contributed by atoms with van der Waals surface area (Å²) in [7, 11) is -3.74. The Labute approximate surface area is 224 Å². The molecule has 4 N–H and O–H groups in total. The average Bonchev–Trinajstić information content (AvgIpc) is 3.44. The number of nitrogens with zero attached hydrogens (tertiary/aromatic N) is 2. The molecular weight excluding hydrogens is 554 g/mol. The Morgan fingerprint density at radius 1 is 1.05 bits per heavy atom. The van der Waals surface area contributed by atoms with Gasteiger partial charge in [-0.25, -0.2) is 26.3 Å². The van der Waals surface area contributed by atoms with Gasteiger partial charge < -0.3 is 15.5 Å². The van der Waals surface area contributed by atoms with E-state index in [2.05, 4.69) is 14.8 Å². The number of carbonyl (C=O) groups excluding carboxylic acids is 1. The number of nitrogen functional groups attached to an aromatic ring is 1. The first-order chi connectivity index (χ1) is 18.8. The number of nitrogens with one attached hydrogen (secondary N) is 2. The van der Waals surface area contributed by atoms with Crippen molar-refractivity contribution in [3.63, 3.8) is 0 Å². The van der Waals surface area contributed by atoms with Gasteiger partial charge in [0.15, 0.2) is 17.4 Å². The Bertz CT molecular complexity index is 1910. The van der Waals surface area contributed by atoms with Crippen LogP contribution in [0, 0.1) is 30.2 Å². The van der Waals surface area contributed by atoms with E-state index in [4.69, 9.17) is 10.5 Å². The lowest BCUT2D eigenvalue weighted by Crippen LogP contribution is -2.10. The number of hydrogen-bond acceptors (Lipinski definition) is 6. The number of sulfonamides is 1. The van der Waals surface area contributed by atoms with E-state index in [1.54, 1.807) is 0 Å². The summed E-state index contributed by atoms with van der Waals surface area (Å²) in [6, 6.07) is 9.27. The second-order valence-electron chi connectivity index (χ2n) is 8.89. The molecule has 0 aliphatic rings. The number of carbonyl (C=O) groups is 1. The highest BCUT2D eigenvalue weighted by Crippen LogP contribution is 2.32. The summed E-state index contributed by atoms with van der Waals surface area (Å²) in [5.74, 6) is -5.47. The molecule has 3 aromatic carbocycles. The first kappa shape index (κ1) is 26.7. The SMILES string of the molecule is Cc1cc(Oc2cccc(F)c2F)cc(F)c1-n1ncc(C(=O)c2cc3cc(NS(C)(=O)=O)c(F)cc3[nH]2)c1N. The maximum atomic E-state index is 15.2. The molecule has 0 saturated carbocycles. The Kier molecular flexibility index (Phi) is 6.50.